The van der Waals surface area contributed by atoms with E-state index in [0.29, 0.717) is 13.1 Å². The molecule has 1 heterocycles. The van der Waals surface area contributed by atoms with Gasteiger partial charge in [0.05, 0.1) is 0 Å². The Hall–Kier alpha value is -1.96. The first kappa shape index (κ1) is 22.0. The van der Waals surface area contributed by atoms with Crippen LogP contribution in [0.3, 0.4) is 0 Å². The third-order valence-electron chi connectivity index (χ3n) is 3.78. The maximum atomic E-state index is 10.7. The van der Waals surface area contributed by atoms with Crippen molar-refractivity contribution in [2.24, 2.45) is 0 Å². The van der Waals surface area contributed by atoms with Gasteiger partial charge in [-0.05, 0) is 31.5 Å². The summed E-state index contributed by atoms with van der Waals surface area (Å²) in [4.78, 5) is 22.9. The summed E-state index contributed by atoms with van der Waals surface area (Å²) in [6, 6.07) is 6.50. The summed E-state index contributed by atoms with van der Waals surface area (Å²) >= 11 is 0. The van der Waals surface area contributed by atoms with Gasteiger partial charge in [0, 0.05) is 20.2 Å². The van der Waals surface area contributed by atoms with E-state index in [0.717, 1.165) is 13.5 Å². The van der Waals surface area contributed by atoms with E-state index in [2.05, 4.69) is 43.4 Å². The summed E-state index contributed by atoms with van der Waals surface area (Å²) in [7, 11) is 2.61. The van der Waals surface area contributed by atoms with Crippen LogP contribution in [0.1, 0.15) is 18.1 Å². The molecule has 24 heavy (non-hydrogen) atoms. The molecule has 0 spiro atoms. The SMILES string of the molecule is CCc1ccccc1C.CN1CCNC(C(=O)O)C1C(=O)O.CO. The van der Waals surface area contributed by atoms with Crippen LogP contribution in [0.25, 0.3) is 0 Å². The van der Waals surface area contributed by atoms with E-state index < -0.39 is 24.0 Å². The highest BCUT2D eigenvalue weighted by atomic mass is 16.4. The molecule has 1 saturated heterocycles. The number of benzene rings is 1. The molecule has 0 aromatic heterocycles. The van der Waals surface area contributed by atoms with Crippen molar-refractivity contribution in [3.63, 3.8) is 0 Å². The van der Waals surface area contributed by atoms with Gasteiger partial charge in [0.15, 0.2) is 0 Å². The molecule has 4 N–H and O–H groups in total. The second-order valence-electron chi connectivity index (χ2n) is 5.31. The Morgan fingerprint density at radius 3 is 2.17 bits per heavy atom. The van der Waals surface area contributed by atoms with E-state index in [-0.39, 0.29) is 0 Å². The number of carboxylic acids is 2. The van der Waals surface area contributed by atoms with Gasteiger partial charge in [-0.25, -0.2) is 0 Å². The molecular weight excluding hydrogens is 312 g/mol. The first-order valence-corrected chi connectivity index (χ1v) is 7.77. The first-order chi connectivity index (χ1) is 11.4. The van der Waals surface area contributed by atoms with E-state index >= 15 is 0 Å². The van der Waals surface area contributed by atoms with Crippen LogP contribution in [-0.2, 0) is 16.0 Å². The fraction of sp³-hybridized carbons (Fsp3) is 0.529. The number of nitrogens with zero attached hydrogens (tertiary/aromatic N) is 1. The van der Waals surface area contributed by atoms with E-state index in [9.17, 15) is 9.59 Å². The molecule has 0 saturated carbocycles. The Morgan fingerprint density at radius 2 is 1.79 bits per heavy atom. The minimum atomic E-state index is -1.13. The second-order valence-corrected chi connectivity index (χ2v) is 5.31. The van der Waals surface area contributed by atoms with Gasteiger partial charge in [0.2, 0.25) is 0 Å². The van der Waals surface area contributed by atoms with Crippen molar-refractivity contribution >= 4 is 11.9 Å². The predicted molar refractivity (Wildman–Crippen MR) is 92.2 cm³/mol. The molecule has 1 aliphatic rings. The normalized spacial score (nSPS) is 20.0. The molecule has 7 nitrogen and oxygen atoms in total. The zero-order chi connectivity index (χ0) is 18.7. The summed E-state index contributed by atoms with van der Waals surface area (Å²) < 4.78 is 0. The average molecular weight is 340 g/mol. The van der Waals surface area contributed by atoms with Crippen molar-refractivity contribution in [2.75, 3.05) is 27.2 Å². The molecule has 2 unspecified atom stereocenters. The van der Waals surface area contributed by atoms with Gasteiger partial charge >= 0.3 is 11.9 Å². The molecule has 1 fully saturated rings. The number of nitrogens with one attached hydrogen (secondary N) is 1. The van der Waals surface area contributed by atoms with Crippen LogP contribution in [0.15, 0.2) is 24.3 Å². The zero-order valence-electron chi connectivity index (χ0n) is 14.7. The Bertz CT molecular complexity index is 521. The van der Waals surface area contributed by atoms with Gasteiger partial charge in [-0.3, -0.25) is 14.5 Å². The maximum Gasteiger partial charge on any atom is 0.323 e. The minimum Gasteiger partial charge on any atom is -0.480 e. The van der Waals surface area contributed by atoms with Gasteiger partial charge in [0.25, 0.3) is 0 Å². The number of carboxylic acid groups (broad SMARTS) is 2. The van der Waals surface area contributed by atoms with Crippen LogP contribution < -0.4 is 5.32 Å². The number of piperazine rings is 1. The van der Waals surface area contributed by atoms with E-state index in [1.807, 2.05) is 0 Å². The highest BCUT2D eigenvalue weighted by Crippen LogP contribution is 2.08. The number of aliphatic hydroxyl groups is 1. The standard InChI is InChI=1S/C9H12.C7H12N2O4.CH4O/c1-3-9-7-5-4-6-8(9)2;1-9-3-2-8-4(6(10)11)5(9)7(12)13;1-2/h4-7H,3H2,1-2H3;4-5,8H,2-3H2,1H3,(H,10,11)(H,12,13);2H,1H3. The predicted octanol–water partition coefficient (Wildman–Crippen LogP) is 0.594. The monoisotopic (exact) mass is 340 g/mol. The average Bonchev–Trinajstić information content (AvgIpc) is 2.57. The van der Waals surface area contributed by atoms with Crippen molar-refractivity contribution in [2.45, 2.75) is 32.4 Å². The van der Waals surface area contributed by atoms with E-state index in [1.54, 1.807) is 7.05 Å². The smallest absolute Gasteiger partial charge is 0.323 e. The highest BCUT2D eigenvalue weighted by Gasteiger charge is 2.39. The lowest BCUT2D eigenvalue weighted by molar-refractivity contribution is -0.153. The summed E-state index contributed by atoms with van der Waals surface area (Å²) in [6.45, 7) is 5.37. The molecule has 1 aromatic carbocycles. The van der Waals surface area contributed by atoms with Crippen molar-refractivity contribution in [3.8, 4) is 0 Å². The second kappa shape index (κ2) is 11.6. The Labute approximate surface area is 142 Å². The van der Waals surface area contributed by atoms with Crippen LogP contribution in [0.5, 0.6) is 0 Å². The lowest BCUT2D eigenvalue weighted by atomic mass is 10.0. The topological polar surface area (TPSA) is 110 Å². The Kier molecular flexibility index (Phi) is 10.6. The maximum absolute atomic E-state index is 10.7. The summed E-state index contributed by atoms with van der Waals surface area (Å²) in [6.07, 6.45) is 1.15. The molecule has 0 amide bonds. The van der Waals surface area contributed by atoms with Crippen molar-refractivity contribution in [3.05, 3.63) is 35.4 Å². The molecule has 0 radical (unpaired) electrons. The van der Waals surface area contributed by atoms with E-state index in [4.69, 9.17) is 15.3 Å². The number of aliphatic carboxylic acids is 2. The third-order valence-corrected chi connectivity index (χ3v) is 3.78. The van der Waals surface area contributed by atoms with Crippen molar-refractivity contribution in [1.29, 1.82) is 0 Å². The van der Waals surface area contributed by atoms with Gasteiger partial charge in [-0.15, -0.1) is 0 Å². The molecule has 0 bridgehead atoms. The van der Waals surface area contributed by atoms with Crippen LogP contribution in [0.4, 0.5) is 0 Å². The van der Waals surface area contributed by atoms with Gasteiger partial charge < -0.3 is 20.6 Å². The Balaban J connectivity index is 0.000000420. The molecule has 0 aliphatic carbocycles. The van der Waals surface area contributed by atoms with E-state index in [1.165, 1.54) is 16.0 Å². The molecule has 136 valence electrons. The van der Waals surface area contributed by atoms with Crippen LogP contribution in [0, 0.1) is 6.92 Å². The fourth-order valence-electron chi connectivity index (χ4n) is 2.46. The highest BCUT2D eigenvalue weighted by molar-refractivity contribution is 5.85. The largest absolute Gasteiger partial charge is 0.480 e. The quantitative estimate of drug-likeness (QED) is 0.637. The number of carbonyl (C=O) groups is 2. The number of hydrogen-bond donors (Lipinski definition) is 4. The molecular formula is C17H28N2O5. The Morgan fingerprint density at radius 1 is 1.21 bits per heavy atom. The zero-order valence-corrected chi connectivity index (χ0v) is 14.7. The van der Waals surface area contributed by atoms with Crippen molar-refractivity contribution < 1.29 is 24.9 Å². The molecule has 2 rings (SSSR count). The van der Waals surface area contributed by atoms with Crippen molar-refractivity contribution in [1.82, 2.24) is 10.2 Å². The lowest BCUT2D eigenvalue weighted by Crippen LogP contribution is -2.62. The third kappa shape index (κ3) is 6.66. The summed E-state index contributed by atoms with van der Waals surface area (Å²) in [5.41, 5.74) is 2.86. The molecule has 2 atom stereocenters. The number of aryl methyl sites for hydroxylation is 2. The van der Waals surface area contributed by atoms with Gasteiger partial charge in [-0.2, -0.15) is 0 Å². The number of rotatable bonds is 3. The number of likely N-dealkylation sites (N-methyl/N-ethyl adjacent to an activating group) is 1. The summed E-state index contributed by atoms with van der Waals surface area (Å²) in [5, 5.41) is 27.2. The lowest BCUT2D eigenvalue weighted by Gasteiger charge is -2.34. The molecule has 1 aliphatic heterocycles. The van der Waals surface area contributed by atoms with Gasteiger partial charge in [0.1, 0.15) is 12.1 Å². The van der Waals surface area contributed by atoms with Crippen LogP contribution in [-0.4, -0.2) is 71.5 Å². The van der Waals surface area contributed by atoms with Gasteiger partial charge in [-0.1, -0.05) is 31.2 Å². The van der Waals surface area contributed by atoms with Crippen LogP contribution in [0.2, 0.25) is 0 Å². The molecule has 1 aromatic rings. The number of hydrogen-bond acceptors (Lipinski definition) is 5. The molecule has 7 heteroatoms. The first-order valence-electron chi connectivity index (χ1n) is 7.77. The fourth-order valence-corrected chi connectivity index (χ4v) is 2.46. The minimum absolute atomic E-state index is 0.497. The van der Waals surface area contributed by atoms with Crippen LogP contribution >= 0.6 is 0 Å². The summed E-state index contributed by atoms with van der Waals surface area (Å²) in [5.74, 6) is -2.24. The number of aliphatic hydroxyl groups excluding tert-OH is 1.